The summed E-state index contributed by atoms with van der Waals surface area (Å²) < 4.78 is 13.6. The summed E-state index contributed by atoms with van der Waals surface area (Å²) >= 11 is 0. The van der Waals surface area contributed by atoms with Crippen molar-refractivity contribution >= 4 is 17.3 Å². The summed E-state index contributed by atoms with van der Waals surface area (Å²) in [6.45, 7) is 8.68. The van der Waals surface area contributed by atoms with E-state index in [1.807, 2.05) is 9.80 Å². The Morgan fingerprint density at radius 3 is 2.41 bits per heavy atom. The number of amides is 1. The van der Waals surface area contributed by atoms with Crippen molar-refractivity contribution in [1.82, 2.24) is 9.80 Å². The number of hydrogen-bond acceptors (Lipinski definition) is 5. The number of anilines is 1. The van der Waals surface area contributed by atoms with Crippen LogP contribution in [0.15, 0.2) is 18.2 Å². The summed E-state index contributed by atoms with van der Waals surface area (Å²) in [7, 11) is 0. The molecule has 2 aliphatic rings. The molecular weight excluding hydrogens is 351 g/mol. The van der Waals surface area contributed by atoms with Crippen LogP contribution in [-0.4, -0.2) is 66.4 Å². The molecular formula is C19H27FN4O3. The molecule has 0 aromatic heterocycles. The van der Waals surface area contributed by atoms with Gasteiger partial charge in [-0.25, -0.2) is 4.39 Å². The molecule has 2 atom stereocenters. The SMILES string of the molecule is CC1CC(C)CN(C(=O)CN2CCN(c3cc(F)ccc3[N+](=O)[O-])CC2)C1. The zero-order valence-electron chi connectivity index (χ0n) is 15.9. The third-order valence-electron chi connectivity index (χ3n) is 5.43. The zero-order valence-corrected chi connectivity index (χ0v) is 15.9. The maximum Gasteiger partial charge on any atom is 0.292 e. The Labute approximate surface area is 158 Å². The Hall–Kier alpha value is -2.22. The van der Waals surface area contributed by atoms with Crippen molar-refractivity contribution < 1.29 is 14.1 Å². The summed E-state index contributed by atoms with van der Waals surface area (Å²) in [5.41, 5.74) is 0.224. The van der Waals surface area contributed by atoms with E-state index in [-0.39, 0.29) is 11.6 Å². The Balaban J connectivity index is 1.57. The van der Waals surface area contributed by atoms with Crippen LogP contribution in [0.3, 0.4) is 0 Å². The summed E-state index contributed by atoms with van der Waals surface area (Å²) in [5.74, 6) is 0.728. The van der Waals surface area contributed by atoms with E-state index in [1.54, 1.807) is 0 Å². The number of benzene rings is 1. The van der Waals surface area contributed by atoms with Crippen LogP contribution in [0, 0.1) is 27.8 Å². The van der Waals surface area contributed by atoms with Crippen LogP contribution < -0.4 is 4.90 Å². The molecule has 8 heteroatoms. The van der Waals surface area contributed by atoms with Gasteiger partial charge in [0.2, 0.25) is 5.91 Å². The molecule has 2 saturated heterocycles. The first-order valence-electron chi connectivity index (χ1n) is 9.52. The van der Waals surface area contributed by atoms with E-state index in [0.717, 1.165) is 25.6 Å². The molecule has 1 aromatic carbocycles. The highest BCUT2D eigenvalue weighted by Gasteiger charge is 2.29. The highest BCUT2D eigenvalue weighted by Crippen LogP contribution is 2.29. The van der Waals surface area contributed by atoms with Crippen LogP contribution in [0.1, 0.15) is 20.3 Å². The smallest absolute Gasteiger partial charge is 0.292 e. The predicted molar refractivity (Wildman–Crippen MR) is 101 cm³/mol. The molecule has 2 aliphatic heterocycles. The standard InChI is InChI=1S/C19H27FN4O3/c1-14-9-15(2)12-23(11-14)19(25)13-21-5-7-22(8-6-21)18-10-16(20)3-4-17(18)24(26)27/h3-4,10,14-15H,5-9,11-13H2,1-2H3. The minimum absolute atomic E-state index is 0.0859. The van der Waals surface area contributed by atoms with Crippen LogP contribution in [0.2, 0.25) is 0 Å². The third kappa shape index (κ3) is 4.74. The topological polar surface area (TPSA) is 69.9 Å². The van der Waals surface area contributed by atoms with E-state index in [4.69, 9.17) is 0 Å². The maximum absolute atomic E-state index is 13.6. The Kier molecular flexibility index (Phi) is 5.94. The molecule has 3 rings (SSSR count). The Morgan fingerprint density at radius 1 is 1.19 bits per heavy atom. The van der Waals surface area contributed by atoms with E-state index in [1.165, 1.54) is 12.1 Å². The number of nitro benzene ring substituents is 1. The molecule has 0 spiro atoms. The normalized spacial score (nSPS) is 24.1. The lowest BCUT2D eigenvalue weighted by Crippen LogP contribution is -2.52. The molecule has 7 nitrogen and oxygen atoms in total. The quantitative estimate of drug-likeness (QED) is 0.594. The van der Waals surface area contributed by atoms with Gasteiger partial charge in [-0.3, -0.25) is 19.8 Å². The number of piperazine rings is 1. The highest BCUT2D eigenvalue weighted by atomic mass is 19.1. The number of hydrogen-bond donors (Lipinski definition) is 0. The molecule has 27 heavy (non-hydrogen) atoms. The molecule has 2 fully saturated rings. The molecule has 2 unspecified atom stereocenters. The molecule has 2 heterocycles. The highest BCUT2D eigenvalue weighted by molar-refractivity contribution is 5.78. The maximum atomic E-state index is 13.6. The van der Waals surface area contributed by atoms with Crippen molar-refractivity contribution in [2.75, 3.05) is 50.7 Å². The van der Waals surface area contributed by atoms with Crippen LogP contribution in [0.5, 0.6) is 0 Å². The Bertz CT molecular complexity index is 696. The number of rotatable bonds is 4. The van der Waals surface area contributed by atoms with Gasteiger partial charge in [0.1, 0.15) is 11.5 Å². The lowest BCUT2D eigenvalue weighted by atomic mass is 9.92. The molecule has 0 bridgehead atoms. The lowest BCUT2D eigenvalue weighted by Gasteiger charge is -2.38. The van der Waals surface area contributed by atoms with Crippen molar-refractivity contribution in [2.45, 2.75) is 20.3 Å². The van der Waals surface area contributed by atoms with Gasteiger partial charge in [-0.05, 0) is 24.3 Å². The first-order valence-corrected chi connectivity index (χ1v) is 9.52. The fraction of sp³-hybridized carbons (Fsp3) is 0.632. The molecule has 0 N–H and O–H groups in total. The molecule has 148 valence electrons. The number of piperidine rings is 1. The first kappa shape index (κ1) is 19.5. The van der Waals surface area contributed by atoms with E-state index >= 15 is 0 Å². The van der Waals surface area contributed by atoms with Gasteiger partial charge < -0.3 is 9.80 Å². The van der Waals surface area contributed by atoms with Gasteiger partial charge in [0.05, 0.1) is 11.5 Å². The molecule has 0 aliphatic carbocycles. The summed E-state index contributed by atoms with van der Waals surface area (Å²) in [6, 6.07) is 3.53. The second kappa shape index (κ2) is 8.21. The van der Waals surface area contributed by atoms with Gasteiger partial charge in [-0.1, -0.05) is 13.8 Å². The molecule has 1 amide bonds. The van der Waals surface area contributed by atoms with Gasteiger partial charge in [-0.2, -0.15) is 0 Å². The largest absolute Gasteiger partial charge is 0.363 e. The van der Waals surface area contributed by atoms with E-state index < -0.39 is 10.7 Å². The van der Waals surface area contributed by atoms with Gasteiger partial charge >= 0.3 is 0 Å². The second-order valence-electron chi connectivity index (χ2n) is 7.90. The average molecular weight is 378 g/mol. The molecule has 1 aromatic rings. The number of carbonyl (C=O) groups is 1. The second-order valence-corrected chi connectivity index (χ2v) is 7.90. The first-order chi connectivity index (χ1) is 12.8. The summed E-state index contributed by atoms with van der Waals surface area (Å²) in [4.78, 5) is 29.2. The van der Waals surface area contributed by atoms with E-state index in [0.29, 0.717) is 50.2 Å². The number of carbonyl (C=O) groups excluding carboxylic acids is 1. The fourth-order valence-electron chi connectivity index (χ4n) is 4.21. The third-order valence-corrected chi connectivity index (χ3v) is 5.43. The van der Waals surface area contributed by atoms with Crippen molar-refractivity contribution in [1.29, 1.82) is 0 Å². The van der Waals surface area contributed by atoms with E-state index in [2.05, 4.69) is 18.7 Å². The van der Waals surface area contributed by atoms with Crippen molar-refractivity contribution in [3.63, 3.8) is 0 Å². The Morgan fingerprint density at radius 2 is 1.81 bits per heavy atom. The summed E-state index contributed by atoms with van der Waals surface area (Å²) in [6.07, 6.45) is 1.16. The van der Waals surface area contributed by atoms with Crippen LogP contribution >= 0.6 is 0 Å². The number of nitro groups is 1. The summed E-state index contributed by atoms with van der Waals surface area (Å²) in [5, 5.41) is 11.2. The number of likely N-dealkylation sites (tertiary alicyclic amines) is 1. The van der Waals surface area contributed by atoms with Crippen LogP contribution in [0.4, 0.5) is 15.8 Å². The predicted octanol–water partition coefficient (Wildman–Crippen LogP) is 2.36. The molecule has 0 radical (unpaired) electrons. The monoisotopic (exact) mass is 378 g/mol. The van der Waals surface area contributed by atoms with E-state index in [9.17, 15) is 19.3 Å². The van der Waals surface area contributed by atoms with Crippen LogP contribution in [-0.2, 0) is 4.79 Å². The van der Waals surface area contributed by atoms with Gasteiger partial charge in [0.25, 0.3) is 5.69 Å². The van der Waals surface area contributed by atoms with Gasteiger partial charge in [0, 0.05) is 51.4 Å². The van der Waals surface area contributed by atoms with Gasteiger partial charge in [0.15, 0.2) is 0 Å². The average Bonchev–Trinajstić information content (AvgIpc) is 2.61. The fourth-order valence-corrected chi connectivity index (χ4v) is 4.21. The minimum Gasteiger partial charge on any atom is -0.363 e. The van der Waals surface area contributed by atoms with Gasteiger partial charge in [-0.15, -0.1) is 0 Å². The molecule has 0 saturated carbocycles. The zero-order chi connectivity index (χ0) is 19.6. The van der Waals surface area contributed by atoms with Crippen LogP contribution in [0.25, 0.3) is 0 Å². The lowest BCUT2D eigenvalue weighted by molar-refractivity contribution is -0.384. The minimum atomic E-state index is -0.485. The van der Waals surface area contributed by atoms with Crippen molar-refractivity contribution in [3.05, 3.63) is 34.1 Å². The van der Waals surface area contributed by atoms with Crippen molar-refractivity contribution in [3.8, 4) is 0 Å². The number of halogens is 1. The number of nitrogens with zero attached hydrogens (tertiary/aromatic N) is 4. The van der Waals surface area contributed by atoms with Crippen molar-refractivity contribution in [2.24, 2.45) is 11.8 Å².